The Morgan fingerprint density at radius 1 is 1.05 bits per heavy atom. The molecule has 1 aromatic carbocycles. The monoisotopic (exact) mass is 324 g/mol. The lowest BCUT2D eigenvalue weighted by molar-refractivity contribution is 0.602. The lowest BCUT2D eigenvalue weighted by Crippen LogP contribution is -2.16. The van der Waals surface area contributed by atoms with Crippen LogP contribution in [-0.4, -0.2) is 30.9 Å². The van der Waals surface area contributed by atoms with Gasteiger partial charge in [-0.1, -0.05) is 12.1 Å². The lowest BCUT2D eigenvalue weighted by Gasteiger charge is -2.07. The van der Waals surface area contributed by atoms with Crippen LogP contribution in [0.1, 0.15) is 12.5 Å². The van der Waals surface area contributed by atoms with E-state index in [0.717, 1.165) is 5.56 Å². The molecule has 2 rings (SSSR count). The Hall–Kier alpha value is -2.22. The number of anilines is 2. The van der Waals surface area contributed by atoms with Crippen LogP contribution < -0.4 is 10.0 Å². The maximum absolute atomic E-state index is 12.8. The van der Waals surface area contributed by atoms with Crippen molar-refractivity contribution in [1.82, 2.24) is 10.2 Å². The highest BCUT2D eigenvalue weighted by Gasteiger charge is 2.07. The maximum atomic E-state index is 12.8. The number of nitrogens with zero attached hydrogens (tertiary/aromatic N) is 2. The van der Waals surface area contributed by atoms with Crippen LogP contribution in [0.2, 0.25) is 0 Å². The third kappa shape index (κ3) is 4.96. The third-order valence-electron chi connectivity index (χ3n) is 2.94. The normalized spacial score (nSPS) is 11.2. The summed E-state index contributed by atoms with van der Waals surface area (Å²) in [6.07, 6.45) is 0.714. The zero-order valence-electron chi connectivity index (χ0n) is 12.1. The first-order chi connectivity index (χ1) is 10.5. The van der Waals surface area contributed by atoms with E-state index in [4.69, 9.17) is 0 Å². The van der Waals surface area contributed by atoms with E-state index >= 15 is 0 Å². The van der Waals surface area contributed by atoms with Gasteiger partial charge in [-0.15, -0.1) is 10.2 Å². The van der Waals surface area contributed by atoms with Crippen molar-refractivity contribution in [3.63, 3.8) is 0 Å². The Labute approximate surface area is 128 Å². The minimum Gasteiger partial charge on any atom is -0.368 e. The molecule has 0 fully saturated rings. The summed E-state index contributed by atoms with van der Waals surface area (Å²) in [6.45, 7) is 2.15. The number of rotatable bonds is 7. The topological polar surface area (TPSA) is 84.0 Å². The van der Waals surface area contributed by atoms with Crippen molar-refractivity contribution in [3.8, 4) is 0 Å². The van der Waals surface area contributed by atoms with E-state index in [2.05, 4.69) is 20.2 Å². The molecule has 1 aromatic heterocycles. The van der Waals surface area contributed by atoms with Gasteiger partial charge in [0.05, 0.1) is 5.75 Å². The van der Waals surface area contributed by atoms with Gasteiger partial charge in [-0.2, -0.15) is 0 Å². The van der Waals surface area contributed by atoms with Gasteiger partial charge in [-0.25, -0.2) is 12.8 Å². The number of halogens is 1. The van der Waals surface area contributed by atoms with E-state index in [9.17, 15) is 12.8 Å². The zero-order chi connectivity index (χ0) is 16.0. The van der Waals surface area contributed by atoms with Gasteiger partial charge < -0.3 is 5.32 Å². The van der Waals surface area contributed by atoms with Crippen LogP contribution in [0.3, 0.4) is 0 Å². The highest BCUT2D eigenvalue weighted by atomic mass is 32.2. The average Bonchev–Trinajstić information content (AvgIpc) is 2.51. The predicted molar refractivity (Wildman–Crippen MR) is 83.7 cm³/mol. The second kappa shape index (κ2) is 7.17. The van der Waals surface area contributed by atoms with Gasteiger partial charge >= 0.3 is 0 Å². The molecule has 0 bridgehead atoms. The quantitative estimate of drug-likeness (QED) is 0.814. The minimum atomic E-state index is -3.35. The highest BCUT2D eigenvalue weighted by molar-refractivity contribution is 7.92. The van der Waals surface area contributed by atoms with Crippen LogP contribution in [0, 0.1) is 5.82 Å². The van der Waals surface area contributed by atoms with Crippen molar-refractivity contribution in [2.45, 2.75) is 13.3 Å². The van der Waals surface area contributed by atoms with E-state index in [1.807, 2.05) is 0 Å². The summed E-state index contributed by atoms with van der Waals surface area (Å²) in [7, 11) is -3.35. The van der Waals surface area contributed by atoms with Crippen molar-refractivity contribution in [2.24, 2.45) is 0 Å². The fourth-order valence-electron chi connectivity index (χ4n) is 1.70. The molecular weight excluding hydrogens is 307 g/mol. The molecule has 1 heterocycles. The molecule has 0 aliphatic rings. The van der Waals surface area contributed by atoms with Crippen LogP contribution in [0.5, 0.6) is 0 Å². The van der Waals surface area contributed by atoms with Gasteiger partial charge in [-0.05, 0) is 43.2 Å². The molecule has 0 aliphatic heterocycles. The molecule has 0 radical (unpaired) electrons. The van der Waals surface area contributed by atoms with Crippen LogP contribution in [0.4, 0.5) is 16.0 Å². The van der Waals surface area contributed by atoms with E-state index in [1.165, 1.54) is 12.1 Å². The molecule has 0 unspecified atom stereocenters. The first-order valence-corrected chi connectivity index (χ1v) is 8.46. The van der Waals surface area contributed by atoms with Crippen LogP contribution >= 0.6 is 0 Å². The molecular formula is C14H17FN4O2S. The molecule has 0 atom stereocenters. The summed E-state index contributed by atoms with van der Waals surface area (Å²) in [5.74, 6) is 0.451. The van der Waals surface area contributed by atoms with E-state index in [1.54, 1.807) is 31.2 Å². The summed E-state index contributed by atoms with van der Waals surface area (Å²) in [5.41, 5.74) is 1.01. The SMILES string of the molecule is CCS(=O)(=O)Nc1ccc(NCCc2ccc(F)cc2)nn1. The van der Waals surface area contributed by atoms with Gasteiger partial charge in [0.25, 0.3) is 0 Å². The Morgan fingerprint density at radius 2 is 1.68 bits per heavy atom. The Kier molecular flexibility index (Phi) is 5.26. The number of hydrogen-bond acceptors (Lipinski definition) is 5. The molecule has 2 N–H and O–H groups in total. The Morgan fingerprint density at radius 3 is 2.27 bits per heavy atom. The minimum absolute atomic E-state index is 0.0215. The molecule has 0 saturated carbocycles. The van der Waals surface area contributed by atoms with Gasteiger partial charge in [0, 0.05) is 6.54 Å². The molecule has 118 valence electrons. The number of benzene rings is 1. The predicted octanol–water partition coefficient (Wildman–Crippen LogP) is 2.03. The van der Waals surface area contributed by atoms with E-state index < -0.39 is 10.0 Å². The van der Waals surface area contributed by atoms with E-state index in [0.29, 0.717) is 18.8 Å². The summed E-state index contributed by atoms with van der Waals surface area (Å²) in [4.78, 5) is 0. The van der Waals surface area contributed by atoms with Crippen molar-refractivity contribution < 1.29 is 12.8 Å². The van der Waals surface area contributed by atoms with Gasteiger partial charge in [0.2, 0.25) is 10.0 Å². The lowest BCUT2D eigenvalue weighted by atomic mass is 10.1. The van der Waals surface area contributed by atoms with Crippen molar-refractivity contribution in [3.05, 3.63) is 47.8 Å². The average molecular weight is 324 g/mol. The molecule has 0 amide bonds. The number of nitrogens with one attached hydrogen (secondary N) is 2. The molecule has 6 nitrogen and oxygen atoms in total. The fraction of sp³-hybridized carbons (Fsp3) is 0.286. The molecule has 0 aliphatic carbocycles. The second-order valence-corrected chi connectivity index (χ2v) is 6.62. The third-order valence-corrected chi connectivity index (χ3v) is 4.22. The summed E-state index contributed by atoms with van der Waals surface area (Å²) >= 11 is 0. The van der Waals surface area contributed by atoms with Crippen molar-refractivity contribution in [2.75, 3.05) is 22.3 Å². The molecule has 0 spiro atoms. The fourth-order valence-corrected chi connectivity index (χ4v) is 2.27. The van der Waals surface area contributed by atoms with E-state index in [-0.39, 0.29) is 17.4 Å². The number of aromatic nitrogens is 2. The standard InChI is InChI=1S/C14H17FN4O2S/c1-2-22(20,21)19-14-8-7-13(17-18-14)16-10-9-11-3-5-12(15)6-4-11/h3-8H,2,9-10H2,1H3,(H,16,17)(H,18,19). The zero-order valence-corrected chi connectivity index (χ0v) is 12.9. The molecule has 22 heavy (non-hydrogen) atoms. The second-order valence-electron chi connectivity index (χ2n) is 4.61. The summed E-state index contributed by atoms with van der Waals surface area (Å²) in [5, 5.41) is 10.8. The first kappa shape index (κ1) is 16.2. The van der Waals surface area contributed by atoms with Crippen LogP contribution in [0.25, 0.3) is 0 Å². The van der Waals surface area contributed by atoms with Gasteiger partial charge in [0.1, 0.15) is 11.6 Å². The molecule has 8 heteroatoms. The smallest absolute Gasteiger partial charge is 0.233 e. The molecule has 2 aromatic rings. The van der Waals surface area contributed by atoms with Crippen LogP contribution in [-0.2, 0) is 16.4 Å². The van der Waals surface area contributed by atoms with Crippen molar-refractivity contribution >= 4 is 21.7 Å². The largest absolute Gasteiger partial charge is 0.368 e. The Bertz CT molecular complexity index is 703. The maximum Gasteiger partial charge on any atom is 0.233 e. The summed E-state index contributed by atoms with van der Waals surface area (Å²) < 4.78 is 37.9. The summed E-state index contributed by atoms with van der Waals surface area (Å²) in [6, 6.07) is 9.48. The first-order valence-electron chi connectivity index (χ1n) is 6.81. The van der Waals surface area contributed by atoms with Crippen molar-refractivity contribution in [1.29, 1.82) is 0 Å². The van der Waals surface area contributed by atoms with Gasteiger partial charge in [-0.3, -0.25) is 4.72 Å². The Balaban J connectivity index is 1.85. The van der Waals surface area contributed by atoms with Crippen LogP contribution in [0.15, 0.2) is 36.4 Å². The number of hydrogen-bond donors (Lipinski definition) is 2. The van der Waals surface area contributed by atoms with Gasteiger partial charge in [0.15, 0.2) is 5.82 Å². The molecule has 0 saturated heterocycles. The highest BCUT2D eigenvalue weighted by Crippen LogP contribution is 2.09. The number of sulfonamides is 1.